The first kappa shape index (κ1) is 20.2. The minimum atomic E-state index is -1.54. The predicted octanol–water partition coefficient (Wildman–Crippen LogP) is -2.04. The third-order valence-electron chi connectivity index (χ3n) is 3.56. The predicted molar refractivity (Wildman–Crippen MR) is 80.7 cm³/mol. The molecule has 2 unspecified atom stereocenters. The summed E-state index contributed by atoms with van der Waals surface area (Å²) in [6.07, 6.45) is -6.00. The fourth-order valence-electron chi connectivity index (χ4n) is 2.37. The highest BCUT2D eigenvalue weighted by Crippen LogP contribution is 2.26. The van der Waals surface area contributed by atoms with Crippen molar-refractivity contribution in [1.82, 2.24) is 0 Å². The van der Waals surface area contributed by atoms with Crippen LogP contribution in [0.3, 0.4) is 0 Å². The molecule has 1 saturated heterocycles. The van der Waals surface area contributed by atoms with E-state index in [-0.39, 0.29) is 19.8 Å². The van der Waals surface area contributed by atoms with Gasteiger partial charge in [-0.2, -0.15) is 0 Å². The quantitative estimate of drug-likeness (QED) is 0.228. The molecule has 134 valence electrons. The van der Waals surface area contributed by atoms with Gasteiger partial charge in [-0.05, 0) is 0 Å². The molecule has 1 fully saturated rings. The molecule has 0 amide bonds. The van der Waals surface area contributed by atoms with Crippen molar-refractivity contribution >= 4 is 0 Å². The van der Waals surface area contributed by atoms with E-state index in [1.165, 1.54) is 12.2 Å². The molecule has 1 aliphatic heterocycles. The SMILES string of the molecule is C=CCOCC(O)C(OCC=C)[C@@H]1O[C@H](CO)[C@@H](O)[C@H](O)[C@H]1O. The van der Waals surface area contributed by atoms with E-state index in [1.807, 2.05) is 0 Å². The fraction of sp³-hybridized carbons (Fsp3) is 0.733. The summed E-state index contributed by atoms with van der Waals surface area (Å²) in [4.78, 5) is 0. The van der Waals surface area contributed by atoms with Crippen LogP contribution in [0.5, 0.6) is 0 Å². The first-order valence-electron chi connectivity index (χ1n) is 7.37. The summed E-state index contributed by atoms with van der Waals surface area (Å²) < 4.78 is 16.0. The van der Waals surface area contributed by atoms with Gasteiger partial charge >= 0.3 is 0 Å². The molecule has 0 aromatic rings. The van der Waals surface area contributed by atoms with Crippen molar-refractivity contribution in [2.75, 3.05) is 26.4 Å². The highest BCUT2D eigenvalue weighted by atomic mass is 16.6. The maximum atomic E-state index is 10.2. The van der Waals surface area contributed by atoms with E-state index in [1.54, 1.807) is 0 Å². The Morgan fingerprint density at radius 2 is 1.70 bits per heavy atom. The Morgan fingerprint density at radius 3 is 2.26 bits per heavy atom. The Morgan fingerprint density at radius 1 is 1.04 bits per heavy atom. The molecule has 8 heteroatoms. The van der Waals surface area contributed by atoms with Crippen LogP contribution in [-0.2, 0) is 14.2 Å². The van der Waals surface area contributed by atoms with Crippen LogP contribution >= 0.6 is 0 Å². The monoisotopic (exact) mass is 334 g/mol. The summed E-state index contributed by atoms with van der Waals surface area (Å²) >= 11 is 0. The topological polar surface area (TPSA) is 129 Å². The van der Waals surface area contributed by atoms with Crippen molar-refractivity contribution in [2.24, 2.45) is 0 Å². The van der Waals surface area contributed by atoms with Crippen molar-refractivity contribution in [3.63, 3.8) is 0 Å². The molecule has 23 heavy (non-hydrogen) atoms. The average molecular weight is 334 g/mol. The zero-order chi connectivity index (χ0) is 17.4. The summed E-state index contributed by atoms with van der Waals surface area (Å²) in [5.41, 5.74) is 0. The molecule has 8 nitrogen and oxygen atoms in total. The van der Waals surface area contributed by atoms with Crippen LogP contribution in [-0.4, -0.2) is 94.7 Å². The number of ether oxygens (including phenoxy) is 3. The van der Waals surface area contributed by atoms with Gasteiger partial charge in [-0.3, -0.25) is 0 Å². The van der Waals surface area contributed by atoms with Crippen LogP contribution in [0.15, 0.2) is 25.3 Å². The van der Waals surface area contributed by atoms with E-state index in [9.17, 15) is 25.5 Å². The first-order valence-corrected chi connectivity index (χ1v) is 7.37. The summed E-state index contributed by atoms with van der Waals surface area (Å²) in [6, 6.07) is 0. The lowest BCUT2D eigenvalue weighted by Gasteiger charge is -2.43. The highest BCUT2D eigenvalue weighted by Gasteiger charge is 2.48. The summed E-state index contributed by atoms with van der Waals surface area (Å²) in [7, 11) is 0. The minimum absolute atomic E-state index is 0.0677. The van der Waals surface area contributed by atoms with Gasteiger partial charge in [-0.1, -0.05) is 12.2 Å². The molecule has 0 bridgehead atoms. The second kappa shape index (κ2) is 10.1. The Hall–Kier alpha value is -0.840. The van der Waals surface area contributed by atoms with E-state index in [0.717, 1.165) is 0 Å². The molecular weight excluding hydrogens is 308 g/mol. The number of aliphatic hydroxyl groups excluding tert-OH is 5. The average Bonchev–Trinajstić information content (AvgIpc) is 2.55. The molecule has 0 aromatic carbocycles. The second-order valence-electron chi connectivity index (χ2n) is 5.27. The lowest BCUT2D eigenvalue weighted by atomic mass is 9.90. The van der Waals surface area contributed by atoms with Gasteiger partial charge in [0.05, 0.1) is 26.4 Å². The number of hydrogen-bond donors (Lipinski definition) is 5. The Kier molecular flexibility index (Phi) is 8.88. The molecule has 1 rings (SSSR count). The first-order chi connectivity index (χ1) is 11.0. The van der Waals surface area contributed by atoms with Crippen molar-refractivity contribution in [3.8, 4) is 0 Å². The molecule has 0 spiro atoms. The fourth-order valence-corrected chi connectivity index (χ4v) is 2.37. The molecule has 0 radical (unpaired) electrons. The van der Waals surface area contributed by atoms with Crippen LogP contribution in [0.4, 0.5) is 0 Å². The van der Waals surface area contributed by atoms with E-state index in [0.29, 0.717) is 0 Å². The maximum Gasteiger partial charge on any atom is 0.115 e. The van der Waals surface area contributed by atoms with Crippen molar-refractivity contribution in [3.05, 3.63) is 25.3 Å². The lowest BCUT2D eigenvalue weighted by Crippen LogP contribution is -2.63. The largest absolute Gasteiger partial charge is 0.394 e. The molecule has 0 aliphatic carbocycles. The van der Waals surface area contributed by atoms with Crippen molar-refractivity contribution < 1.29 is 39.7 Å². The second-order valence-corrected chi connectivity index (χ2v) is 5.27. The van der Waals surface area contributed by atoms with E-state index < -0.39 is 49.3 Å². The van der Waals surface area contributed by atoms with Gasteiger partial charge in [0.2, 0.25) is 0 Å². The van der Waals surface area contributed by atoms with Gasteiger partial charge in [0.1, 0.15) is 42.7 Å². The number of hydrogen-bond acceptors (Lipinski definition) is 8. The van der Waals surface area contributed by atoms with Crippen molar-refractivity contribution in [1.29, 1.82) is 0 Å². The van der Waals surface area contributed by atoms with Gasteiger partial charge in [-0.15, -0.1) is 13.2 Å². The molecule has 1 aliphatic rings. The highest BCUT2D eigenvalue weighted by molar-refractivity contribution is 4.97. The van der Waals surface area contributed by atoms with Gasteiger partial charge in [0, 0.05) is 0 Å². The van der Waals surface area contributed by atoms with E-state index in [4.69, 9.17) is 14.2 Å². The molecule has 1 heterocycles. The maximum absolute atomic E-state index is 10.2. The minimum Gasteiger partial charge on any atom is -0.394 e. The van der Waals surface area contributed by atoms with E-state index in [2.05, 4.69) is 13.2 Å². The smallest absolute Gasteiger partial charge is 0.115 e. The van der Waals surface area contributed by atoms with Crippen LogP contribution in [0.1, 0.15) is 0 Å². The van der Waals surface area contributed by atoms with Gasteiger partial charge in [0.15, 0.2) is 0 Å². The van der Waals surface area contributed by atoms with Gasteiger partial charge in [-0.25, -0.2) is 0 Å². The van der Waals surface area contributed by atoms with Crippen LogP contribution in [0, 0.1) is 0 Å². The zero-order valence-electron chi connectivity index (χ0n) is 12.9. The summed E-state index contributed by atoms with van der Waals surface area (Å²) in [5, 5.41) is 49.2. The number of rotatable bonds is 10. The molecule has 0 aromatic heterocycles. The zero-order valence-corrected chi connectivity index (χ0v) is 12.9. The third kappa shape index (κ3) is 5.33. The third-order valence-corrected chi connectivity index (χ3v) is 3.56. The Balaban J connectivity index is 2.85. The standard InChI is InChI=1S/C15H26O8/c1-3-5-21-8-9(17)14(22-6-4-2)15-13(20)12(19)11(18)10(7-16)23-15/h3-4,9-20H,1-2,5-8H2/t9?,10-,11-,12+,13-,14?,15-/m1/s1. The normalized spacial score (nSPS) is 33.9. The van der Waals surface area contributed by atoms with Gasteiger partial charge < -0.3 is 39.7 Å². The summed E-state index contributed by atoms with van der Waals surface area (Å²) in [5.74, 6) is 0. The number of aliphatic hydroxyl groups is 5. The molecular formula is C15H26O8. The Labute approximate surface area is 135 Å². The van der Waals surface area contributed by atoms with E-state index >= 15 is 0 Å². The Bertz CT molecular complexity index is 361. The molecule has 0 saturated carbocycles. The van der Waals surface area contributed by atoms with Crippen LogP contribution < -0.4 is 0 Å². The van der Waals surface area contributed by atoms with Crippen LogP contribution in [0.25, 0.3) is 0 Å². The van der Waals surface area contributed by atoms with Crippen LogP contribution in [0.2, 0.25) is 0 Å². The molecule has 5 N–H and O–H groups in total. The van der Waals surface area contributed by atoms with Crippen molar-refractivity contribution in [2.45, 2.75) is 42.7 Å². The lowest BCUT2D eigenvalue weighted by molar-refractivity contribution is -0.264. The molecule has 7 atom stereocenters. The van der Waals surface area contributed by atoms with Gasteiger partial charge in [0.25, 0.3) is 0 Å². The summed E-state index contributed by atoms with van der Waals surface area (Å²) in [6.45, 7) is 6.62.